The van der Waals surface area contributed by atoms with Gasteiger partial charge in [-0.25, -0.2) is 16.8 Å². The zero-order valence-corrected chi connectivity index (χ0v) is 17.2. The van der Waals surface area contributed by atoms with Gasteiger partial charge < -0.3 is 0 Å². The molecule has 0 spiro atoms. The Morgan fingerprint density at radius 3 is 2.33 bits per heavy atom. The average Bonchev–Trinajstić information content (AvgIpc) is 2.74. The lowest BCUT2D eigenvalue weighted by Gasteiger charge is -2.09. The molecule has 12 heteroatoms. The molecule has 3 aromatic rings. The summed E-state index contributed by atoms with van der Waals surface area (Å²) in [5.74, 6) is -0.101. The van der Waals surface area contributed by atoms with Crippen molar-refractivity contribution in [2.45, 2.75) is 16.8 Å². The van der Waals surface area contributed by atoms with Crippen molar-refractivity contribution >= 4 is 31.2 Å². The molecular weight excluding hydrogens is 432 g/mol. The molecule has 0 aliphatic carbocycles. The second-order valence-corrected chi connectivity index (χ2v) is 10.0. The first kappa shape index (κ1) is 21.3. The van der Waals surface area contributed by atoms with Crippen LogP contribution < -0.4 is 4.72 Å². The number of sulfonamides is 1. The zero-order chi connectivity index (χ0) is 21.9. The number of hydrogen-bond acceptors (Lipinski definition) is 8. The van der Waals surface area contributed by atoms with E-state index in [-0.39, 0.29) is 27.0 Å². The molecule has 2 aromatic carbocycles. The highest BCUT2D eigenvalue weighted by molar-refractivity contribution is 7.92. The monoisotopic (exact) mass is 448 g/mol. The normalized spacial score (nSPS) is 11.8. The summed E-state index contributed by atoms with van der Waals surface area (Å²) < 4.78 is 51.2. The number of nitrogens with zero attached hydrogens (tertiary/aromatic N) is 3. The maximum Gasteiger partial charge on any atom is 0.270 e. The molecule has 0 atom stereocenters. The summed E-state index contributed by atoms with van der Waals surface area (Å²) in [5.41, 5.74) is 0.707. The minimum atomic E-state index is -4.07. The van der Waals surface area contributed by atoms with Crippen LogP contribution in [0.3, 0.4) is 0 Å². The van der Waals surface area contributed by atoms with Gasteiger partial charge in [-0.15, -0.1) is 10.2 Å². The SMILES string of the molecule is CCS(=O)(=O)c1ccc(-c2cccc(NS(=O)(=O)c3cccc([N+](=O)[O-])c3)c2)nn1. The van der Waals surface area contributed by atoms with E-state index >= 15 is 0 Å². The number of benzene rings is 2. The molecule has 156 valence electrons. The Balaban J connectivity index is 1.89. The maximum absolute atomic E-state index is 12.6. The van der Waals surface area contributed by atoms with Gasteiger partial charge in [0.25, 0.3) is 15.7 Å². The van der Waals surface area contributed by atoms with E-state index < -0.39 is 24.8 Å². The second-order valence-electron chi connectivity index (χ2n) is 6.10. The zero-order valence-electron chi connectivity index (χ0n) is 15.6. The summed E-state index contributed by atoms with van der Waals surface area (Å²) in [4.78, 5) is 9.95. The topological polar surface area (TPSA) is 149 Å². The molecule has 0 aliphatic heterocycles. The molecule has 1 aromatic heterocycles. The minimum absolute atomic E-state index is 0.101. The molecule has 30 heavy (non-hydrogen) atoms. The van der Waals surface area contributed by atoms with Crippen LogP contribution in [0.4, 0.5) is 11.4 Å². The number of nitro groups is 1. The van der Waals surface area contributed by atoms with Crippen LogP contribution in [0.1, 0.15) is 6.92 Å². The highest BCUT2D eigenvalue weighted by Gasteiger charge is 2.18. The Labute approximate surface area is 172 Å². The van der Waals surface area contributed by atoms with E-state index in [4.69, 9.17) is 0 Å². The van der Waals surface area contributed by atoms with Gasteiger partial charge in [0.05, 0.1) is 21.3 Å². The van der Waals surface area contributed by atoms with E-state index in [2.05, 4.69) is 14.9 Å². The lowest BCUT2D eigenvalue weighted by atomic mass is 10.1. The highest BCUT2D eigenvalue weighted by Crippen LogP contribution is 2.24. The Morgan fingerprint density at radius 1 is 0.967 bits per heavy atom. The molecule has 0 radical (unpaired) electrons. The van der Waals surface area contributed by atoms with Gasteiger partial charge >= 0.3 is 0 Å². The summed E-state index contributed by atoms with van der Waals surface area (Å²) in [6, 6.07) is 13.7. The predicted molar refractivity (Wildman–Crippen MR) is 109 cm³/mol. The van der Waals surface area contributed by atoms with Crippen LogP contribution in [0.5, 0.6) is 0 Å². The molecule has 3 rings (SSSR count). The van der Waals surface area contributed by atoms with E-state index in [9.17, 15) is 26.9 Å². The van der Waals surface area contributed by atoms with Crippen molar-refractivity contribution in [1.82, 2.24) is 10.2 Å². The number of non-ortho nitro benzene ring substituents is 1. The van der Waals surface area contributed by atoms with Crippen molar-refractivity contribution in [1.29, 1.82) is 0 Å². The molecule has 0 bridgehead atoms. The number of nitro benzene ring substituents is 1. The van der Waals surface area contributed by atoms with Gasteiger partial charge in [0.2, 0.25) is 0 Å². The fraction of sp³-hybridized carbons (Fsp3) is 0.111. The van der Waals surface area contributed by atoms with Gasteiger partial charge in [0.15, 0.2) is 14.9 Å². The summed E-state index contributed by atoms with van der Waals surface area (Å²) in [7, 11) is -7.55. The first-order valence-electron chi connectivity index (χ1n) is 8.56. The fourth-order valence-corrected chi connectivity index (χ4v) is 4.33. The smallest absolute Gasteiger partial charge is 0.270 e. The number of anilines is 1. The summed E-state index contributed by atoms with van der Waals surface area (Å²) in [6.07, 6.45) is 0. The summed E-state index contributed by atoms with van der Waals surface area (Å²) >= 11 is 0. The third-order valence-electron chi connectivity index (χ3n) is 4.09. The summed E-state index contributed by atoms with van der Waals surface area (Å²) in [5, 5.41) is 18.4. The molecule has 10 nitrogen and oxygen atoms in total. The van der Waals surface area contributed by atoms with Crippen molar-refractivity contribution in [2.75, 3.05) is 10.5 Å². The largest absolute Gasteiger partial charge is 0.280 e. The van der Waals surface area contributed by atoms with Gasteiger partial charge in [-0.2, -0.15) is 0 Å². The number of nitrogens with one attached hydrogen (secondary N) is 1. The number of sulfone groups is 1. The standard InChI is InChI=1S/C18H16N4O6S2/c1-2-29(25,26)18-10-9-17(19-20-18)13-5-3-6-14(11-13)21-30(27,28)16-8-4-7-15(12-16)22(23)24/h3-12,21H,2H2,1H3. The van der Waals surface area contributed by atoms with E-state index in [1.54, 1.807) is 12.1 Å². The Hall–Kier alpha value is -3.38. The minimum Gasteiger partial charge on any atom is -0.280 e. The first-order chi connectivity index (χ1) is 14.1. The van der Waals surface area contributed by atoms with Crippen molar-refractivity contribution in [2.24, 2.45) is 0 Å². The third kappa shape index (κ3) is 4.60. The molecule has 0 aliphatic rings. The molecule has 1 N–H and O–H groups in total. The van der Waals surface area contributed by atoms with Gasteiger partial charge in [0.1, 0.15) is 0 Å². The molecular formula is C18H16N4O6S2. The van der Waals surface area contributed by atoms with Crippen LogP contribution in [0.25, 0.3) is 11.3 Å². The molecule has 0 saturated heterocycles. The second kappa shape index (κ2) is 8.16. The van der Waals surface area contributed by atoms with E-state index in [0.29, 0.717) is 11.3 Å². The third-order valence-corrected chi connectivity index (χ3v) is 7.08. The molecule has 0 fully saturated rings. The van der Waals surface area contributed by atoms with Gasteiger partial charge in [-0.3, -0.25) is 14.8 Å². The fourth-order valence-electron chi connectivity index (χ4n) is 2.51. The molecule has 1 heterocycles. The number of hydrogen-bond donors (Lipinski definition) is 1. The van der Waals surface area contributed by atoms with Crippen molar-refractivity contribution in [3.8, 4) is 11.3 Å². The van der Waals surface area contributed by atoms with Crippen LogP contribution in [-0.4, -0.2) is 37.7 Å². The van der Waals surface area contributed by atoms with Crippen LogP contribution in [0.15, 0.2) is 70.6 Å². The highest BCUT2D eigenvalue weighted by atomic mass is 32.2. The van der Waals surface area contributed by atoms with Gasteiger partial charge in [-0.05, 0) is 30.3 Å². The summed E-state index contributed by atoms with van der Waals surface area (Å²) in [6.45, 7) is 1.50. The van der Waals surface area contributed by atoms with Crippen molar-refractivity contribution < 1.29 is 21.8 Å². The molecule has 0 saturated carbocycles. The van der Waals surface area contributed by atoms with Gasteiger partial charge in [0, 0.05) is 23.4 Å². The van der Waals surface area contributed by atoms with Crippen LogP contribution in [0.2, 0.25) is 0 Å². The van der Waals surface area contributed by atoms with Gasteiger partial charge in [-0.1, -0.05) is 25.1 Å². The lowest BCUT2D eigenvalue weighted by Crippen LogP contribution is -2.13. The lowest BCUT2D eigenvalue weighted by molar-refractivity contribution is -0.385. The predicted octanol–water partition coefficient (Wildman–Crippen LogP) is 2.65. The van der Waals surface area contributed by atoms with Crippen LogP contribution in [-0.2, 0) is 19.9 Å². The number of rotatable bonds is 7. The maximum atomic E-state index is 12.6. The van der Waals surface area contributed by atoms with Crippen LogP contribution in [0, 0.1) is 10.1 Å². The Kier molecular flexibility index (Phi) is 5.80. The van der Waals surface area contributed by atoms with Crippen molar-refractivity contribution in [3.63, 3.8) is 0 Å². The van der Waals surface area contributed by atoms with Crippen LogP contribution >= 0.6 is 0 Å². The Bertz CT molecular complexity index is 1310. The van der Waals surface area contributed by atoms with E-state index in [1.807, 2.05) is 0 Å². The Morgan fingerprint density at radius 2 is 1.70 bits per heavy atom. The first-order valence-corrected chi connectivity index (χ1v) is 11.7. The molecule has 0 amide bonds. The number of aromatic nitrogens is 2. The van der Waals surface area contributed by atoms with Crippen molar-refractivity contribution in [3.05, 3.63) is 70.8 Å². The van der Waals surface area contributed by atoms with E-state index in [0.717, 1.165) is 6.07 Å². The molecule has 0 unspecified atom stereocenters. The van der Waals surface area contributed by atoms with E-state index in [1.165, 1.54) is 49.4 Å². The average molecular weight is 448 g/mol. The quantitative estimate of drug-likeness (QED) is 0.428.